The van der Waals surface area contributed by atoms with E-state index in [1.54, 1.807) is 0 Å². The Labute approximate surface area is 102 Å². The molecule has 0 saturated heterocycles. The molecule has 9 nitrogen and oxygen atoms in total. The van der Waals surface area contributed by atoms with Crippen LogP contribution in [0.1, 0.15) is 12.8 Å². The average molecular weight is 248 g/mol. The third-order valence-corrected chi connectivity index (χ3v) is 2.80. The van der Waals surface area contributed by atoms with Crippen molar-refractivity contribution in [3.63, 3.8) is 0 Å². The summed E-state index contributed by atoms with van der Waals surface area (Å²) < 4.78 is 1.39. The molecule has 4 N–H and O–H groups in total. The zero-order chi connectivity index (χ0) is 12.6. The van der Waals surface area contributed by atoms with Gasteiger partial charge in [0.1, 0.15) is 12.7 Å². The van der Waals surface area contributed by atoms with Gasteiger partial charge in [-0.25, -0.2) is 4.98 Å². The van der Waals surface area contributed by atoms with Crippen molar-refractivity contribution in [3.8, 4) is 5.95 Å². The number of nitrogen functional groups attached to an aromatic ring is 1. The maximum Gasteiger partial charge on any atom is 0.258 e. The molecule has 3 rings (SSSR count). The Morgan fingerprint density at radius 1 is 1.39 bits per heavy atom. The smallest absolute Gasteiger partial charge is 0.258 e. The second-order valence-electron chi connectivity index (χ2n) is 4.22. The van der Waals surface area contributed by atoms with Crippen molar-refractivity contribution >= 4 is 11.9 Å². The van der Waals surface area contributed by atoms with E-state index in [1.807, 2.05) is 0 Å². The van der Waals surface area contributed by atoms with Crippen LogP contribution in [-0.2, 0) is 0 Å². The van der Waals surface area contributed by atoms with Crippen molar-refractivity contribution in [2.24, 2.45) is 0 Å². The first kappa shape index (κ1) is 10.8. The first-order valence-electron chi connectivity index (χ1n) is 5.46. The molecule has 0 aliphatic heterocycles. The number of aromatic nitrogens is 6. The van der Waals surface area contributed by atoms with Gasteiger partial charge in [-0.1, -0.05) is 0 Å². The highest BCUT2D eigenvalue weighted by molar-refractivity contribution is 5.39. The number of aliphatic hydroxyl groups excluding tert-OH is 1. The van der Waals surface area contributed by atoms with Crippen LogP contribution >= 0.6 is 0 Å². The number of nitrogens with one attached hydrogen (secondary N) is 1. The minimum Gasteiger partial charge on any atom is -0.394 e. The van der Waals surface area contributed by atoms with E-state index in [0.29, 0.717) is 5.95 Å². The van der Waals surface area contributed by atoms with Crippen molar-refractivity contribution in [2.45, 2.75) is 18.4 Å². The van der Waals surface area contributed by atoms with Gasteiger partial charge in [0.15, 0.2) is 0 Å². The standard InChI is InChI=1S/C9H12N8O/c10-6-13-7(16-9(3-18)1-2-9)15-8(14-6)17-5-11-4-12-17/h4-5,18H,1-3H2,(H3,10,13,14,15,16). The van der Waals surface area contributed by atoms with Crippen LogP contribution < -0.4 is 11.1 Å². The zero-order valence-corrected chi connectivity index (χ0v) is 9.48. The Morgan fingerprint density at radius 3 is 2.83 bits per heavy atom. The van der Waals surface area contributed by atoms with Gasteiger partial charge in [0.25, 0.3) is 5.95 Å². The fourth-order valence-corrected chi connectivity index (χ4v) is 1.56. The highest BCUT2D eigenvalue weighted by Gasteiger charge is 2.42. The van der Waals surface area contributed by atoms with Crippen LogP contribution in [0, 0.1) is 0 Å². The van der Waals surface area contributed by atoms with E-state index in [4.69, 9.17) is 5.73 Å². The minimum absolute atomic E-state index is 0.0389. The Kier molecular flexibility index (Phi) is 2.33. The maximum atomic E-state index is 9.25. The molecule has 94 valence electrons. The lowest BCUT2D eigenvalue weighted by Gasteiger charge is -2.14. The lowest BCUT2D eigenvalue weighted by Crippen LogP contribution is -2.27. The van der Waals surface area contributed by atoms with E-state index >= 15 is 0 Å². The van der Waals surface area contributed by atoms with Gasteiger partial charge < -0.3 is 16.2 Å². The molecular formula is C9H12N8O. The molecule has 1 aliphatic carbocycles. The van der Waals surface area contributed by atoms with Crippen molar-refractivity contribution in [3.05, 3.63) is 12.7 Å². The van der Waals surface area contributed by atoms with E-state index in [1.165, 1.54) is 17.3 Å². The Hall–Kier alpha value is -2.29. The molecule has 0 radical (unpaired) electrons. The quantitative estimate of drug-likeness (QED) is 0.626. The highest BCUT2D eigenvalue weighted by Crippen LogP contribution is 2.37. The van der Waals surface area contributed by atoms with Gasteiger partial charge in [-0.15, -0.1) is 0 Å². The summed E-state index contributed by atoms with van der Waals surface area (Å²) in [6, 6.07) is 0. The van der Waals surface area contributed by atoms with Crippen molar-refractivity contribution in [1.82, 2.24) is 29.7 Å². The van der Waals surface area contributed by atoms with Gasteiger partial charge in [0.05, 0.1) is 12.1 Å². The summed E-state index contributed by atoms with van der Waals surface area (Å²) in [6.07, 6.45) is 4.61. The summed E-state index contributed by atoms with van der Waals surface area (Å²) in [6.45, 7) is 0.0389. The SMILES string of the molecule is Nc1nc(NC2(CO)CC2)nc(-n2cncn2)n1. The summed E-state index contributed by atoms with van der Waals surface area (Å²) in [4.78, 5) is 16.0. The monoisotopic (exact) mass is 248 g/mol. The van der Waals surface area contributed by atoms with Crippen LogP contribution in [0.5, 0.6) is 0 Å². The lowest BCUT2D eigenvalue weighted by atomic mass is 10.3. The van der Waals surface area contributed by atoms with Crippen LogP contribution in [0.15, 0.2) is 12.7 Å². The number of hydrogen-bond acceptors (Lipinski definition) is 8. The van der Waals surface area contributed by atoms with Crippen molar-refractivity contribution in [1.29, 1.82) is 0 Å². The first-order chi connectivity index (χ1) is 8.71. The molecule has 0 aromatic carbocycles. The van der Waals surface area contributed by atoms with Crippen LogP contribution in [0.2, 0.25) is 0 Å². The molecule has 0 amide bonds. The largest absolute Gasteiger partial charge is 0.394 e. The van der Waals surface area contributed by atoms with Crippen LogP contribution in [0.3, 0.4) is 0 Å². The average Bonchev–Trinajstić information content (AvgIpc) is 2.92. The Balaban J connectivity index is 1.91. The molecule has 0 spiro atoms. The molecule has 0 unspecified atom stereocenters. The van der Waals surface area contributed by atoms with Crippen LogP contribution in [0.25, 0.3) is 5.95 Å². The van der Waals surface area contributed by atoms with Gasteiger partial charge in [-0.05, 0) is 12.8 Å². The minimum atomic E-state index is -0.312. The van der Waals surface area contributed by atoms with Gasteiger partial charge >= 0.3 is 0 Å². The van der Waals surface area contributed by atoms with E-state index < -0.39 is 0 Å². The third kappa shape index (κ3) is 1.95. The van der Waals surface area contributed by atoms with E-state index in [9.17, 15) is 5.11 Å². The molecule has 1 aliphatic rings. The van der Waals surface area contributed by atoms with Crippen molar-refractivity contribution < 1.29 is 5.11 Å². The Morgan fingerprint density at radius 2 is 2.22 bits per heavy atom. The predicted molar refractivity (Wildman–Crippen MR) is 61.8 cm³/mol. The van der Waals surface area contributed by atoms with Crippen LogP contribution in [-0.4, -0.2) is 47.0 Å². The number of nitrogens with zero attached hydrogens (tertiary/aromatic N) is 6. The highest BCUT2D eigenvalue weighted by atomic mass is 16.3. The Bertz CT molecular complexity index is 550. The van der Waals surface area contributed by atoms with E-state index in [-0.39, 0.29) is 24.0 Å². The number of rotatable bonds is 4. The number of hydrogen-bond donors (Lipinski definition) is 3. The molecule has 0 bridgehead atoms. The second-order valence-corrected chi connectivity index (χ2v) is 4.22. The second kappa shape index (κ2) is 3.88. The van der Waals surface area contributed by atoms with Crippen molar-refractivity contribution in [2.75, 3.05) is 17.7 Å². The molecular weight excluding hydrogens is 236 g/mol. The summed E-state index contributed by atoms with van der Waals surface area (Å²) in [5.74, 6) is 0.711. The molecule has 1 saturated carbocycles. The fraction of sp³-hybridized carbons (Fsp3) is 0.444. The number of nitrogens with two attached hydrogens (primary N) is 1. The number of anilines is 2. The number of aliphatic hydroxyl groups is 1. The van der Waals surface area contributed by atoms with E-state index in [2.05, 4.69) is 30.4 Å². The molecule has 1 fully saturated rings. The third-order valence-electron chi connectivity index (χ3n) is 2.80. The van der Waals surface area contributed by atoms with Gasteiger partial charge in [-0.2, -0.15) is 24.7 Å². The summed E-state index contributed by atoms with van der Waals surface area (Å²) in [5, 5.41) is 16.2. The zero-order valence-electron chi connectivity index (χ0n) is 9.48. The molecule has 2 aromatic heterocycles. The van der Waals surface area contributed by atoms with Gasteiger partial charge in [0.2, 0.25) is 11.9 Å². The molecule has 2 heterocycles. The van der Waals surface area contributed by atoms with Gasteiger partial charge in [0, 0.05) is 0 Å². The maximum absolute atomic E-state index is 9.25. The normalized spacial score (nSPS) is 16.5. The molecule has 18 heavy (non-hydrogen) atoms. The summed E-state index contributed by atoms with van der Waals surface area (Å²) >= 11 is 0. The topological polar surface area (TPSA) is 128 Å². The summed E-state index contributed by atoms with van der Waals surface area (Å²) in [5.41, 5.74) is 5.31. The van der Waals surface area contributed by atoms with Gasteiger partial charge in [-0.3, -0.25) is 0 Å². The molecule has 9 heteroatoms. The van der Waals surface area contributed by atoms with E-state index in [0.717, 1.165) is 12.8 Å². The predicted octanol–water partition coefficient (Wildman–Crippen LogP) is -1.03. The van der Waals surface area contributed by atoms with Crippen LogP contribution in [0.4, 0.5) is 11.9 Å². The molecule has 2 aromatic rings. The first-order valence-corrected chi connectivity index (χ1v) is 5.46. The molecule has 0 atom stereocenters. The lowest BCUT2D eigenvalue weighted by molar-refractivity contribution is 0.265. The fourth-order valence-electron chi connectivity index (χ4n) is 1.56. The summed E-state index contributed by atoms with van der Waals surface area (Å²) in [7, 11) is 0.